The summed E-state index contributed by atoms with van der Waals surface area (Å²) in [6, 6.07) is 10.8. The molecule has 0 fully saturated rings. The first kappa shape index (κ1) is 16.5. The van der Waals surface area contributed by atoms with Gasteiger partial charge in [-0.25, -0.2) is 4.79 Å². The minimum atomic E-state index is -0.574. The highest BCUT2D eigenvalue weighted by atomic mass is 79.9. The van der Waals surface area contributed by atoms with Crippen molar-refractivity contribution in [1.29, 1.82) is 0 Å². The van der Waals surface area contributed by atoms with Crippen molar-refractivity contribution in [3.63, 3.8) is 0 Å². The molecular weight excluding hydrogens is 368 g/mol. The van der Waals surface area contributed by atoms with E-state index in [0.29, 0.717) is 10.6 Å². The highest BCUT2D eigenvalue weighted by Crippen LogP contribution is 2.22. The van der Waals surface area contributed by atoms with Crippen LogP contribution >= 0.6 is 27.3 Å². The van der Waals surface area contributed by atoms with E-state index in [2.05, 4.69) is 15.9 Å². The largest absolute Gasteiger partial charge is 0.496 e. The summed E-state index contributed by atoms with van der Waals surface area (Å²) in [5, 5.41) is 0. The summed E-state index contributed by atoms with van der Waals surface area (Å²) in [7, 11) is 1.56. The van der Waals surface area contributed by atoms with Gasteiger partial charge in [0.15, 0.2) is 6.61 Å². The van der Waals surface area contributed by atoms with Crippen molar-refractivity contribution < 1.29 is 19.1 Å². The predicted molar refractivity (Wildman–Crippen MR) is 89.3 cm³/mol. The number of carbonyl (C=O) groups is 2. The molecule has 0 amide bonds. The minimum Gasteiger partial charge on any atom is -0.496 e. The number of hydrogen-bond donors (Lipinski definition) is 0. The zero-order valence-corrected chi connectivity index (χ0v) is 14.1. The Morgan fingerprint density at radius 2 is 2.00 bits per heavy atom. The number of hydrogen-bond acceptors (Lipinski definition) is 5. The first-order valence-corrected chi connectivity index (χ1v) is 7.97. The van der Waals surface area contributed by atoms with Crippen LogP contribution in [0.15, 0.2) is 46.3 Å². The average Bonchev–Trinajstić information content (AvgIpc) is 2.97. The van der Waals surface area contributed by atoms with Crippen molar-refractivity contribution in [2.24, 2.45) is 0 Å². The molecule has 0 radical (unpaired) electrons. The predicted octanol–water partition coefficient (Wildman–Crippen LogP) is 3.96. The molecule has 0 unspecified atom stereocenters. The molecule has 0 saturated heterocycles. The number of halogens is 1. The first-order chi connectivity index (χ1) is 10.6. The summed E-state index contributed by atoms with van der Waals surface area (Å²) in [5.74, 6) is -0.143. The van der Waals surface area contributed by atoms with Gasteiger partial charge in [0.1, 0.15) is 5.75 Å². The fourth-order valence-corrected chi connectivity index (χ4v) is 2.99. The standard InChI is InChI=1S/C16H13BrO4S/c1-20-13-5-3-2-4-11(13)6-9-16(19)21-10-12(18)14-7-8-15(17)22-14/h2-9H,10H2,1H3/b9-6+. The van der Waals surface area contributed by atoms with E-state index in [1.54, 1.807) is 31.4 Å². The van der Waals surface area contributed by atoms with Gasteiger partial charge in [-0.15, -0.1) is 11.3 Å². The molecule has 0 aliphatic carbocycles. The third-order valence-corrected chi connectivity index (χ3v) is 4.40. The Kier molecular flexibility index (Phi) is 5.91. The lowest BCUT2D eigenvalue weighted by Crippen LogP contribution is -2.11. The van der Waals surface area contributed by atoms with Gasteiger partial charge in [-0.05, 0) is 40.2 Å². The Morgan fingerprint density at radius 1 is 1.23 bits per heavy atom. The number of thiophene rings is 1. The zero-order valence-electron chi connectivity index (χ0n) is 11.7. The fourth-order valence-electron chi connectivity index (χ4n) is 1.68. The molecule has 0 aliphatic rings. The van der Waals surface area contributed by atoms with E-state index in [-0.39, 0.29) is 12.4 Å². The fraction of sp³-hybridized carbons (Fsp3) is 0.125. The van der Waals surface area contributed by atoms with Crippen LogP contribution in [0.5, 0.6) is 5.75 Å². The second-order valence-electron chi connectivity index (χ2n) is 4.21. The van der Waals surface area contributed by atoms with Crippen LogP contribution in [0.2, 0.25) is 0 Å². The van der Waals surface area contributed by atoms with E-state index in [4.69, 9.17) is 9.47 Å². The van der Waals surface area contributed by atoms with Crippen molar-refractivity contribution in [3.05, 3.63) is 56.7 Å². The Hall–Kier alpha value is -1.92. The van der Waals surface area contributed by atoms with Crippen LogP contribution in [0.3, 0.4) is 0 Å². The number of benzene rings is 1. The lowest BCUT2D eigenvalue weighted by atomic mass is 10.2. The van der Waals surface area contributed by atoms with E-state index in [0.717, 1.165) is 9.35 Å². The molecule has 0 atom stereocenters. The number of para-hydroxylation sites is 1. The molecule has 0 saturated carbocycles. The lowest BCUT2D eigenvalue weighted by molar-refractivity contribution is -0.136. The van der Waals surface area contributed by atoms with Crippen molar-refractivity contribution in [2.45, 2.75) is 0 Å². The number of ether oxygens (including phenoxy) is 2. The van der Waals surface area contributed by atoms with Crippen LogP contribution < -0.4 is 4.74 Å². The van der Waals surface area contributed by atoms with Crippen molar-refractivity contribution in [2.75, 3.05) is 13.7 Å². The smallest absolute Gasteiger partial charge is 0.331 e. The Labute approximate surface area is 140 Å². The normalized spacial score (nSPS) is 10.6. The Morgan fingerprint density at radius 3 is 2.68 bits per heavy atom. The topological polar surface area (TPSA) is 52.6 Å². The van der Waals surface area contributed by atoms with E-state index >= 15 is 0 Å². The Balaban J connectivity index is 1.90. The molecule has 0 aliphatic heterocycles. The third-order valence-electron chi connectivity index (χ3n) is 2.73. The number of methoxy groups -OCH3 is 1. The molecule has 6 heteroatoms. The maximum Gasteiger partial charge on any atom is 0.331 e. The summed E-state index contributed by atoms with van der Waals surface area (Å²) in [4.78, 5) is 24.0. The molecule has 2 aromatic rings. The van der Waals surface area contributed by atoms with Crippen molar-refractivity contribution in [3.8, 4) is 5.75 Å². The molecule has 1 heterocycles. The number of carbonyl (C=O) groups excluding carboxylic acids is 2. The molecule has 4 nitrogen and oxygen atoms in total. The van der Waals surface area contributed by atoms with Crippen LogP contribution in [0.1, 0.15) is 15.2 Å². The van der Waals surface area contributed by atoms with Gasteiger partial charge in [0.25, 0.3) is 0 Å². The van der Waals surface area contributed by atoms with Gasteiger partial charge in [-0.2, -0.15) is 0 Å². The van der Waals surface area contributed by atoms with E-state index < -0.39 is 5.97 Å². The maximum absolute atomic E-state index is 11.8. The van der Waals surface area contributed by atoms with Gasteiger partial charge in [0.2, 0.25) is 5.78 Å². The maximum atomic E-state index is 11.8. The lowest BCUT2D eigenvalue weighted by Gasteiger charge is -2.03. The van der Waals surface area contributed by atoms with Gasteiger partial charge in [-0.3, -0.25) is 4.79 Å². The average molecular weight is 381 g/mol. The molecule has 1 aromatic carbocycles. The zero-order chi connectivity index (χ0) is 15.9. The second kappa shape index (κ2) is 7.91. The second-order valence-corrected chi connectivity index (χ2v) is 6.67. The molecular formula is C16H13BrO4S. The first-order valence-electron chi connectivity index (χ1n) is 6.36. The highest BCUT2D eigenvalue weighted by Gasteiger charge is 2.10. The van der Waals surface area contributed by atoms with Gasteiger partial charge in [-0.1, -0.05) is 18.2 Å². The van der Waals surface area contributed by atoms with Crippen LogP contribution in [-0.4, -0.2) is 25.5 Å². The van der Waals surface area contributed by atoms with Crippen molar-refractivity contribution >= 4 is 45.1 Å². The van der Waals surface area contributed by atoms with Crippen LogP contribution in [0, 0.1) is 0 Å². The summed E-state index contributed by atoms with van der Waals surface area (Å²) < 4.78 is 11.0. The molecule has 0 spiro atoms. The number of ketones is 1. The molecule has 2 rings (SSSR count). The SMILES string of the molecule is COc1ccccc1/C=C/C(=O)OCC(=O)c1ccc(Br)s1. The quantitative estimate of drug-likeness (QED) is 0.432. The molecule has 114 valence electrons. The van der Waals surface area contributed by atoms with Crippen LogP contribution in [0.25, 0.3) is 6.08 Å². The van der Waals surface area contributed by atoms with Crippen molar-refractivity contribution in [1.82, 2.24) is 0 Å². The number of Topliss-reactive ketones (excluding diaryl/α,β-unsaturated/α-hetero) is 1. The summed E-state index contributed by atoms with van der Waals surface area (Å²) in [6.07, 6.45) is 2.86. The third kappa shape index (κ3) is 4.54. The highest BCUT2D eigenvalue weighted by molar-refractivity contribution is 9.11. The van der Waals surface area contributed by atoms with Gasteiger partial charge >= 0.3 is 5.97 Å². The van der Waals surface area contributed by atoms with Crippen LogP contribution in [-0.2, 0) is 9.53 Å². The number of esters is 1. The van der Waals surface area contributed by atoms with E-state index in [9.17, 15) is 9.59 Å². The Bertz CT molecular complexity index is 706. The van der Waals surface area contributed by atoms with E-state index in [1.165, 1.54) is 17.4 Å². The van der Waals surface area contributed by atoms with Gasteiger partial charge < -0.3 is 9.47 Å². The van der Waals surface area contributed by atoms with Gasteiger partial charge in [0, 0.05) is 11.6 Å². The minimum absolute atomic E-state index is 0.227. The molecule has 22 heavy (non-hydrogen) atoms. The molecule has 0 bridgehead atoms. The molecule has 0 N–H and O–H groups in total. The summed E-state index contributed by atoms with van der Waals surface area (Å²) >= 11 is 4.58. The summed E-state index contributed by atoms with van der Waals surface area (Å²) in [5.41, 5.74) is 0.760. The summed E-state index contributed by atoms with van der Waals surface area (Å²) in [6.45, 7) is -0.276. The van der Waals surface area contributed by atoms with E-state index in [1.807, 2.05) is 18.2 Å². The number of rotatable bonds is 6. The van der Waals surface area contributed by atoms with Crippen LogP contribution in [0.4, 0.5) is 0 Å². The monoisotopic (exact) mass is 380 g/mol. The van der Waals surface area contributed by atoms with Gasteiger partial charge in [0.05, 0.1) is 15.8 Å². The molecule has 1 aromatic heterocycles.